The molecule has 0 aromatic heterocycles. The van der Waals surface area contributed by atoms with E-state index >= 15 is 0 Å². The Kier molecular flexibility index (Phi) is 4.55. The predicted molar refractivity (Wildman–Crippen MR) is 68.4 cm³/mol. The summed E-state index contributed by atoms with van der Waals surface area (Å²) in [6.07, 6.45) is 0. The monoisotopic (exact) mass is 277 g/mol. The number of sulfonamides is 1. The Labute approximate surface area is 107 Å². The smallest absolute Gasteiger partial charge is 0.215 e. The van der Waals surface area contributed by atoms with Crippen molar-refractivity contribution in [1.29, 1.82) is 0 Å². The second-order valence-electron chi connectivity index (χ2n) is 4.48. The Morgan fingerprint density at radius 1 is 1.35 bits per heavy atom. The van der Waals surface area contributed by atoms with Crippen LogP contribution in [0.25, 0.3) is 0 Å². The van der Waals surface area contributed by atoms with E-state index in [2.05, 4.69) is 4.72 Å². The molecule has 96 valence electrons. The highest BCUT2D eigenvalue weighted by Gasteiger charge is 2.18. The maximum absolute atomic E-state index is 11.7. The molecule has 0 radical (unpaired) electrons. The molecule has 1 rings (SSSR count). The molecule has 0 aliphatic carbocycles. The Morgan fingerprint density at radius 3 is 2.47 bits per heavy atom. The molecule has 0 atom stereocenters. The van der Waals surface area contributed by atoms with Gasteiger partial charge < -0.3 is 5.11 Å². The van der Waals surface area contributed by atoms with Crippen LogP contribution in [-0.4, -0.2) is 25.7 Å². The van der Waals surface area contributed by atoms with E-state index in [4.69, 9.17) is 11.6 Å². The highest BCUT2D eigenvalue weighted by molar-refractivity contribution is 7.88. The number of hydrogen-bond acceptors (Lipinski definition) is 3. The lowest BCUT2D eigenvalue weighted by Gasteiger charge is -2.17. The molecule has 0 aliphatic rings. The van der Waals surface area contributed by atoms with Gasteiger partial charge in [0.05, 0.1) is 11.4 Å². The molecule has 17 heavy (non-hydrogen) atoms. The van der Waals surface area contributed by atoms with Gasteiger partial charge in [-0.05, 0) is 25.5 Å². The highest BCUT2D eigenvalue weighted by atomic mass is 35.5. The standard InChI is InChI=1S/C11H16ClNO3S/c1-11(2,14)8-13-17(15,16)7-9-5-3-4-6-10(9)12/h3-6,13-14H,7-8H2,1-2H3. The first-order chi connectivity index (χ1) is 7.70. The maximum Gasteiger partial charge on any atom is 0.215 e. The molecule has 0 spiro atoms. The minimum atomic E-state index is -3.48. The fourth-order valence-electron chi connectivity index (χ4n) is 1.16. The van der Waals surface area contributed by atoms with Crippen molar-refractivity contribution in [2.75, 3.05) is 6.54 Å². The number of rotatable bonds is 5. The largest absolute Gasteiger partial charge is 0.389 e. The fraction of sp³-hybridized carbons (Fsp3) is 0.455. The molecular weight excluding hydrogens is 262 g/mol. The molecule has 0 unspecified atom stereocenters. The summed E-state index contributed by atoms with van der Waals surface area (Å²) in [5.41, 5.74) is -0.537. The van der Waals surface area contributed by atoms with Crippen molar-refractivity contribution in [1.82, 2.24) is 4.72 Å². The molecule has 4 nitrogen and oxygen atoms in total. The second-order valence-corrected chi connectivity index (χ2v) is 6.70. The lowest BCUT2D eigenvalue weighted by atomic mass is 10.1. The third-order valence-corrected chi connectivity index (χ3v) is 3.67. The van der Waals surface area contributed by atoms with Gasteiger partial charge in [-0.1, -0.05) is 29.8 Å². The molecule has 1 aromatic carbocycles. The Balaban J connectivity index is 2.71. The summed E-state index contributed by atoms with van der Waals surface area (Å²) in [7, 11) is -3.48. The van der Waals surface area contributed by atoms with Crippen molar-refractivity contribution in [2.24, 2.45) is 0 Å². The van der Waals surface area contributed by atoms with Crippen LogP contribution >= 0.6 is 11.6 Å². The first-order valence-electron chi connectivity index (χ1n) is 5.13. The molecule has 6 heteroatoms. The predicted octanol–water partition coefficient (Wildman–Crippen LogP) is 1.53. The van der Waals surface area contributed by atoms with Crippen LogP contribution in [0.5, 0.6) is 0 Å². The Hall–Kier alpha value is -0.620. The summed E-state index contributed by atoms with van der Waals surface area (Å²) in [5.74, 6) is -0.192. The molecule has 0 bridgehead atoms. The SMILES string of the molecule is CC(C)(O)CNS(=O)(=O)Cc1ccccc1Cl. The summed E-state index contributed by atoms with van der Waals surface area (Å²) < 4.78 is 25.8. The first-order valence-corrected chi connectivity index (χ1v) is 7.16. The molecule has 0 aliphatic heterocycles. The summed E-state index contributed by atoms with van der Waals surface area (Å²) in [6.45, 7) is 3.04. The minimum absolute atomic E-state index is 0.0280. The van der Waals surface area contributed by atoms with Crippen LogP contribution in [0.4, 0.5) is 0 Å². The normalized spacial score (nSPS) is 12.7. The zero-order valence-electron chi connectivity index (χ0n) is 9.77. The van der Waals surface area contributed by atoms with Gasteiger partial charge in [0.2, 0.25) is 10.0 Å². The number of benzene rings is 1. The first kappa shape index (κ1) is 14.4. The molecule has 0 fully saturated rings. The van der Waals surface area contributed by atoms with Gasteiger partial charge in [0.1, 0.15) is 0 Å². The van der Waals surface area contributed by atoms with Crippen molar-refractivity contribution in [3.8, 4) is 0 Å². The average molecular weight is 278 g/mol. The van der Waals surface area contributed by atoms with E-state index in [0.29, 0.717) is 10.6 Å². The summed E-state index contributed by atoms with van der Waals surface area (Å²) in [6, 6.07) is 6.77. The van der Waals surface area contributed by atoms with Gasteiger partial charge in [0.15, 0.2) is 0 Å². The van der Waals surface area contributed by atoms with Gasteiger partial charge in [-0.2, -0.15) is 0 Å². The molecular formula is C11H16ClNO3S. The highest BCUT2D eigenvalue weighted by Crippen LogP contribution is 2.17. The molecule has 0 amide bonds. The summed E-state index contributed by atoms with van der Waals surface area (Å²) in [5, 5.41) is 9.87. The van der Waals surface area contributed by atoms with Crippen LogP contribution in [0.3, 0.4) is 0 Å². The van der Waals surface area contributed by atoms with Crippen LogP contribution < -0.4 is 4.72 Å². The van der Waals surface area contributed by atoms with Crippen molar-refractivity contribution in [3.05, 3.63) is 34.9 Å². The number of hydrogen-bond donors (Lipinski definition) is 2. The van der Waals surface area contributed by atoms with E-state index in [9.17, 15) is 13.5 Å². The number of halogens is 1. The lowest BCUT2D eigenvalue weighted by molar-refractivity contribution is 0.0857. The van der Waals surface area contributed by atoms with Gasteiger partial charge in [-0.15, -0.1) is 0 Å². The Morgan fingerprint density at radius 2 is 1.94 bits per heavy atom. The topological polar surface area (TPSA) is 66.4 Å². The fourth-order valence-corrected chi connectivity index (χ4v) is 2.78. The second kappa shape index (κ2) is 5.35. The minimum Gasteiger partial charge on any atom is -0.389 e. The van der Waals surface area contributed by atoms with Gasteiger partial charge in [0.25, 0.3) is 0 Å². The number of nitrogens with one attached hydrogen (secondary N) is 1. The van der Waals surface area contributed by atoms with Gasteiger partial charge in [-0.3, -0.25) is 0 Å². The zero-order chi connectivity index (χ0) is 13.1. The van der Waals surface area contributed by atoms with E-state index in [1.807, 2.05) is 0 Å². The summed E-state index contributed by atoms with van der Waals surface area (Å²) >= 11 is 5.88. The lowest BCUT2D eigenvalue weighted by Crippen LogP contribution is -2.38. The van der Waals surface area contributed by atoms with E-state index in [0.717, 1.165) is 0 Å². The van der Waals surface area contributed by atoms with E-state index < -0.39 is 15.6 Å². The van der Waals surface area contributed by atoms with Crippen LogP contribution in [0.1, 0.15) is 19.4 Å². The van der Waals surface area contributed by atoms with Gasteiger partial charge >= 0.3 is 0 Å². The molecule has 0 saturated carbocycles. The molecule has 0 heterocycles. The van der Waals surface area contributed by atoms with Crippen molar-refractivity contribution in [2.45, 2.75) is 25.2 Å². The van der Waals surface area contributed by atoms with Crippen LogP contribution in [0, 0.1) is 0 Å². The van der Waals surface area contributed by atoms with Crippen molar-refractivity contribution < 1.29 is 13.5 Å². The maximum atomic E-state index is 11.7. The molecule has 2 N–H and O–H groups in total. The average Bonchev–Trinajstić information content (AvgIpc) is 2.18. The van der Waals surface area contributed by atoms with Crippen LogP contribution in [0.2, 0.25) is 5.02 Å². The quantitative estimate of drug-likeness (QED) is 0.858. The van der Waals surface area contributed by atoms with Crippen molar-refractivity contribution >= 4 is 21.6 Å². The zero-order valence-corrected chi connectivity index (χ0v) is 11.3. The van der Waals surface area contributed by atoms with E-state index in [1.54, 1.807) is 24.3 Å². The third-order valence-electron chi connectivity index (χ3n) is 2.03. The van der Waals surface area contributed by atoms with Crippen molar-refractivity contribution in [3.63, 3.8) is 0 Å². The summed E-state index contributed by atoms with van der Waals surface area (Å²) in [4.78, 5) is 0. The van der Waals surface area contributed by atoms with Crippen LogP contribution in [-0.2, 0) is 15.8 Å². The molecule has 1 aromatic rings. The third kappa shape index (κ3) is 5.50. The van der Waals surface area contributed by atoms with Crippen LogP contribution in [0.15, 0.2) is 24.3 Å². The van der Waals surface area contributed by atoms with Gasteiger partial charge in [0, 0.05) is 11.6 Å². The van der Waals surface area contributed by atoms with E-state index in [1.165, 1.54) is 13.8 Å². The van der Waals surface area contributed by atoms with Gasteiger partial charge in [-0.25, -0.2) is 13.1 Å². The molecule has 0 saturated heterocycles. The Bertz CT molecular complexity index is 480. The number of aliphatic hydroxyl groups is 1. The van der Waals surface area contributed by atoms with E-state index in [-0.39, 0.29) is 12.3 Å².